The lowest BCUT2D eigenvalue weighted by Gasteiger charge is -2.34. The summed E-state index contributed by atoms with van der Waals surface area (Å²) in [4.78, 5) is 7.07. The number of nitrogens with one attached hydrogen (secondary N) is 1. The van der Waals surface area contributed by atoms with Crippen LogP contribution < -0.4 is 11.1 Å². The SMILES string of the molecule is NC(=NCC(c1cccc(Cl)c1)N1CCOCC1)NC1CCCCC1. The number of hydrogen-bond acceptors (Lipinski definition) is 3. The van der Waals surface area contributed by atoms with Crippen LogP contribution >= 0.6 is 11.6 Å². The van der Waals surface area contributed by atoms with Crippen LogP contribution in [-0.4, -0.2) is 49.7 Å². The summed E-state index contributed by atoms with van der Waals surface area (Å²) in [5.74, 6) is 0.562. The smallest absolute Gasteiger partial charge is 0.188 e. The van der Waals surface area contributed by atoms with E-state index in [1.165, 1.54) is 37.7 Å². The zero-order valence-corrected chi connectivity index (χ0v) is 15.5. The zero-order valence-electron chi connectivity index (χ0n) is 14.8. The van der Waals surface area contributed by atoms with Crippen LogP contribution in [-0.2, 0) is 4.74 Å². The predicted molar refractivity (Wildman–Crippen MR) is 103 cm³/mol. The molecule has 138 valence electrons. The van der Waals surface area contributed by atoms with E-state index in [2.05, 4.69) is 21.3 Å². The van der Waals surface area contributed by atoms with Gasteiger partial charge in [-0.2, -0.15) is 0 Å². The monoisotopic (exact) mass is 364 g/mol. The van der Waals surface area contributed by atoms with Gasteiger partial charge in [0.25, 0.3) is 0 Å². The molecule has 2 aliphatic rings. The Kier molecular flexibility index (Phi) is 6.96. The molecule has 0 aromatic heterocycles. The average Bonchev–Trinajstić information content (AvgIpc) is 2.64. The topological polar surface area (TPSA) is 62.9 Å². The summed E-state index contributed by atoms with van der Waals surface area (Å²) >= 11 is 6.20. The molecule has 1 atom stereocenters. The van der Waals surface area contributed by atoms with Gasteiger partial charge in [-0.1, -0.05) is 43.0 Å². The molecule has 3 rings (SSSR count). The average molecular weight is 365 g/mol. The summed E-state index contributed by atoms with van der Waals surface area (Å²) in [6.07, 6.45) is 6.28. The summed E-state index contributed by atoms with van der Waals surface area (Å²) in [6.45, 7) is 3.96. The highest BCUT2D eigenvalue weighted by molar-refractivity contribution is 6.30. The van der Waals surface area contributed by atoms with E-state index in [9.17, 15) is 0 Å². The summed E-state index contributed by atoms with van der Waals surface area (Å²) < 4.78 is 5.49. The first-order valence-electron chi connectivity index (χ1n) is 9.36. The highest BCUT2D eigenvalue weighted by Crippen LogP contribution is 2.25. The number of nitrogens with two attached hydrogens (primary N) is 1. The molecule has 0 radical (unpaired) electrons. The van der Waals surface area contributed by atoms with Crippen LogP contribution in [0.1, 0.15) is 43.7 Å². The van der Waals surface area contributed by atoms with Crippen LogP contribution in [0, 0.1) is 0 Å². The molecular formula is C19H29ClN4O. The van der Waals surface area contributed by atoms with E-state index in [0.717, 1.165) is 31.3 Å². The van der Waals surface area contributed by atoms with E-state index < -0.39 is 0 Å². The van der Waals surface area contributed by atoms with Gasteiger partial charge in [-0.25, -0.2) is 0 Å². The molecule has 1 aliphatic heterocycles. The van der Waals surface area contributed by atoms with Gasteiger partial charge in [0.15, 0.2) is 5.96 Å². The van der Waals surface area contributed by atoms with E-state index in [4.69, 9.17) is 22.1 Å². The van der Waals surface area contributed by atoms with Crippen molar-refractivity contribution in [2.45, 2.75) is 44.2 Å². The Morgan fingerprint density at radius 3 is 2.76 bits per heavy atom. The van der Waals surface area contributed by atoms with Gasteiger partial charge in [0, 0.05) is 24.2 Å². The maximum Gasteiger partial charge on any atom is 0.188 e. The number of ether oxygens (including phenoxy) is 1. The zero-order chi connectivity index (χ0) is 17.5. The second kappa shape index (κ2) is 9.41. The van der Waals surface area contributed by atoms with E-state index in [1.54, 1.807) is 0 Å². The Labute approximate surface area is 155 Å². The Balaban J connectivity index is 1.67. The Bertz CT molecular complexity index is 568. The molecule has 1 saturated carbocycles. The largest absolute Gasteiger partial charge is 0.379 e. The number of aliphatic imine (C=N–C) groups is 1. The third kappa shape index (κ3) is 5.59. The van der Waals surface area contributed by atoms with Crippen molar-refractivity contribution in [3.05, 3.63) is 34.9 Å². The van der Waals surface area contributed by atoms with E-state index >= 15 is 0 Å². The van der Waals surface area contributed by atoms with Gasteiger partial charge in [-0.3, -0.25) is 9.89 Å². The van der Waals surface area contributed by atoms with Crippen molar-refractivity contribution in [3.8, 4) is 0 Å². The fraction of sp³-hybridized carbons (Fsp3) is 0.632. The molecule has 0 spiro atoms. The van der Waals surface area contributed by atoms with Gasteiger partial charge in [0.1, 0.15) is 0 Å². The molecule has 1 saturated heterocycles. The van der Waals surface area contributed by atoms with Crippen molar-refractivity contribution in [1.29, 1.82) is 0 Å². The lowest BCUT2D eigenvalue weighted by atomic mass is 9.96. The number of benzene rings is 1. The Morgan fingerprint density at radius 2 is 2.04 bits per heavy atom. The highest BCUT2D eigenvalue weighted by atomic mass is 35.5. The molecular weight excluding hydrogens is 336 g/mol. The maximum absolute atomic E-state index is 6.20. The molecule has 5 nitrogen and oxygen atoms in total. The summed E-state index contributed by atoms with van der Waals surface area (Å²) in [5, 5.41) is 4.16. The third-order valence-corrected chi connectivity index (χ3v) is 5.35. The first kappa shape index (κ1) is 18.5. The highest BCUT2D eigenvalue weighted by Gasteiger charge is 2.23. The van der Waals surface area contributed by atoms with Gasteiger partial charge in [-0.05, 0) is 30.5 Å². The number of rotatable bonds is 5. The summed E-state index contributed by atoms with van der Waals surface area (Å²) in [7, 11) is 0. The van der Waals surface area contributed by atoms with Gasteiger partial charge >= 0.3 is 0 Å². The normalized spacial score (nSPS) is 21.9. The van der Waals surface area contributed by atoms with Crippen molar-refractivity contribution in [3.63, 3.8) is 0 Å². The number of halogens is 1. The Morgan fingerprint density at radius 1 is 1.28 bits per heavy atom. The van der Waals surface area contributed by atoms with Crippen LogP contribution in [0.25, 0.3) is 0 Å². The summed E-state index contributed by atoms with van der Waals surface area (Å²) in [6, 6.07) is 8.70. The molecule has 1 aromatic rings. The fourth-order valence-electron chi connectivity index (χ4n) is 3.72. The van der Waals surface area contributed by atoms with Crippen molar-refractivity contribution >= 4 is 17.6 Å². The molecule has 1 aliphatic carbocycles. The van der Waals surface area contributed by atoms with Crippen LogP contribution in [0.2, 0.25) is 5.02 Å². The molecule has 0 amide bonds. The Hall–Kier alpha value is -1.30. The van der Waals surface area contributed by atoms with Crippen molar-refractivity contribution in [2.24, 2.45) is 10.7 Å². The molecule has 1 aromatic carbocycles. The second-order valence-corrected chi connectivity index (χ2v) is 7.36. The van der Waals surface area contributed by atoms with Crippen LogP contribution in [0.4, 0.5) is 0 Å². The first-order chi connectivity index (χ1) is 12.2. The van der Waals surface area contributed by atoms with E-state index in [-0.39, 0.29) is 6.04 Å². The molecule has 2 fully saturated rings. The van der Waals surface area contributed by atoms with Crippen LogP contribution in [0.3, 0.4) is 0 Å². The van der Waals surface area contributed by atoms with Gasteiger partial charge in [0.2, 0.25) is 0 Å². The number of morpholine rings is 1. The van der Waals surface area contributed by atoms with Crippen molar-refractivity contribution < 1.29 is 4.74 Å². The standard InChI is InChI=1S/C19H29ClN4O/c20-16-6-4-5-15(13-16)18(24-9-11-25-12-10-24)14-22-19(21)23-17-7-2-1-3-8-17/h4-6,13,17-18H,1-3,7-12,14H2,(H3,21,22,23). The molecule has 6 heteroatoms. The quantitative estimate of drug-likeness (QED) is 0.623. The lowest BCUT2D eigenvalue weighted by molar-refractivity contribution is 0.0180. The fourth-order valence-corrected chi connectivity index (χ4v) is 3.92. The third-order valence-electron chi connectivity index (χ3n) is 5.11. The van der Waals surface area contributed by atoms with Crippen LogP contribution in [0.15, 0.2) is 29.3 Å². The summed E-state index contributed by atoms with van der Waals surface area (Å²) in [5.41, 5.74) is 7.34. The van der Waals surface area contributed by atoms with Gasteiger partial charge in [-0.15, -0.1) is 0 Å². The van der Waals surface area contributed by atoms with Crippen molar-refractivity contribution in [1.82, 2.24) is 10.2 Å². The first-order valence-corrected chi connectivity index (χ1v) is 9.74. The molecule has 25 heavy (non-hydrogen) atoms. The van der Waals surface area contributed by atoms with E-state index in [0.29, 0.717) is 18.5 Å². The minimum absolute atomic E-state index is 0.175. The molecule has 1 heterocycles. The van der Waals surface area contributed by atoms with Gasteiger partial charge in [0.05, 0.1) is 25.8 Å². The second-order valence-electron chi connectivity index (χ2n) is 6.92. The molecule has 1 unspecified atom stereocenters. The molecule has 3 N–H and O–H groups in total. The number of hydrogen-bond donors (Lipinski definition) is 2. The van der Waals surface area contributed by atoms with Gasteiger partial charge < -0.3 is 15.8 Å². The van der Waals surface area contributed by atoms with Crippen molar-refractivity contribution in [2.75, 3.05) is 32.8 Å². The number of guanidine groups is 1. The van der Waals surface area contributed by atoms with E-state index in [1.807, 2.05) is 18.2 Å². The minimum atomic E-state index is 0.175. The minimum Gasteiger partial charge on any atom is -0.379 e. The van der Waals surface area contributed by atoms with Crippen LogP contribution in [0.5, 0.6) is 0 Å². The molecule has 0 bridgehead atoms. The predicted octanol–water partition coefficient (Wildman–Crippen LogP) is 2.95. The lowest BCUT2D eigenvalue weighted by Crippen LogP contribution is -2.43. The number of nitrogens with zero attached hydrogens (tertiary/aromatic N) is 2. The maximum atomic E-state index is 6.20.